The van der Waals surface area contributed by atoms with Gasteiger partial charge in [-0.15, -0.1) is 0 Å². The predicted octanol–water partition coefficient (Wildman–Crippen LogP) is 0.429. The lowest BCUT2D eigenvalue weighted by molar-refractivity contribution is -0.121. The molecule has 2 rings (SSSR count). The molecule has 21 heavy (non-hydrogen) atoms. The van der Waals surface area contributed by atoms with Crippen LogP contribution in [-0.4, -0.2) is 41.0 Å². The van der Waals surface area contributed by atoms with Crippen molar-refractivity contribution in [2.45, 2.75) is 25.8 Å². The van der Waals surface area contributed by atoms with Crippen LogP contribution >= 0.6 is 0 Å². The zero-order valence-electron chi connectivity index (χ0n) is 11.9. The van der Waals surface area contributed by atoms with E-state index in [0.29, 0.717) is 24.1 Å². The number of hydrogen-bond donors (Lipinski definition) is 2. The maximum Gasteiger partial charge on any atom is 0.254 e. The topological polar surface area (TPSA) is 83.6 Å². The summed E-state index contributed by atoms with van der Waals surface area (Å²) in [6, 6.07) is 4.70. The highest BCUT2D eigenvalue weighted by Crippen LogP contribution is 2.21. The Balaban J connectivity index is 2.29. The number of rotatable bonds is 2. The first-order valence-corrected chi connectivity index (χ1v) is 6.85. The van der Waals surface area contributed by atoms with E-state index in [4.69, 9.17) is 10.8 Å². The smallest absolute Gasteiger partial charge is 0.254 e. The van der Waals surface area contributed by atoms with Crippen molar-refractivity contribution in [3.8, 4) is 11.8 Å². The van der Waals surface area contributed by atoms with Gasteiger partial charge in [-0.25, -0.2) is 0 Å². The number of aliphatic hydroxyl groups is 1. The fourth-order valence-electron chi connectivity index (χ4n) is 2.50. The van der Waals surface area contributed by atoms with E-state index in [1.807, 2.05) is 13.0 Å². The van der Waals surface area contributed by atoms with E-state index < -0.39 is 11.9 Å². The van der Waals surface area contributed by atoms with Crippen LogP contribution in [0.15, 0.2) is 18.2 Å². The number of aryl methyl sites for hydroxylation is 1. The van der Waals surface area contributed by atoms with Gasteiger partial charge in [0.2, 0.25) is 5.91 Å². The summed E-state index contributed by atoms with van der Waals surface area (Å²) in [7, 11) is 0. The highest BCUT2D eigenvalue weighted by Gasteiger charge is 2.33. The molecule has 1 heterocycles. The third kappa shape index (κ3) is 3.23. The van der Waals surface area contributed by atoms with E-state index in [9.17, 15) is 9.59 Å². The Morgan fingerprint density at radius 3 is 2.90 bits per heavy atom. The molecule has 0 bridgehead atoms. The molecule has 1 aromatic rings. The van der Waals surface area contributed by atoms with Gasteiger partial charge in [0.1, 0.15) is 12.6 Å². The first-order valence-electron chi connectivity index (χ1n) is 6.85. The van der Waals surface area contributed by atoms with E-state index in [1.165, 1.54) is 4.90 Å². The fraction of sp³-hybridized carbons (Fsp3) is 0.375. The lowest BCUT2D eigenvalue weighted by atomic mass is 10.0. The van der Waals surface area contributed by atoms with Gasteiger partial charge >= 0.3 is 0 Å². The monoisotopic (exact) mass is 286 g/mol. The van der Waals surface area contributed by atoms with Gasteiger partial charge in [-0.3, -0.25) is 9.59 Å². The molecule has 0 aromatic heterocycles. The lowest BCUT2D eigenvalue weighted by Gasteiger charge is -2.22. The zero-order valence-corrected chi connectivity index (χ0v) is 11.9. The second-order valence-corrected chi connectivity index (χ2v) is 5.05. The SMILES string of the molecule is Cc1ccc(C(=O)N2CCCC2C(N)=O)cc1C#CCO. The summed E-state index contributed by atoms with van der Waals surface area (Å²) in [5.74, 6) is 4.72. The summed E-state index contributed by atoms with van der Waals surface area (Å²) in [5.41, 5.74) is 7.45. The van der Waals surface area contributed by atoms with E-state index in [2.05, 4.69) is 11.8 Å². The number of aliphatic hydroxyl groups excluding tert-OH is 1. The maximum absolute atomic E-state index is 12.5. The second-order valence-electron chi connectivity index (χ2n) is 5.05. The molecule has 1 aromatic carbocycles. The fourth-order valence-corrected chi connectivity index (χ4v) is 2.50. The van der Waals surface area contributed by atoms with Crippen LogP contribution in [0, 0.1) is 18.8 Å². The van der Waals surface area contributed by atoms with Crippen LogP contribution in [0.2, 0.25) is 0 Å². The summed E-state index contributed by atoms with van der Waals surface area (Å²) in [6.07, 6.45) is 1.40. The first kappa shape index (κ1) is 15.1. The van der Waals surface area contributed by atoms with Crippen LogP contribution in [0.1, 0.15) is 34.3 Å². The molecule has 0 radical (unpaired) electrons. The Morgan fingerprint density at radius 1 is 1.48 bits per heavy atom. The molecule has 3 N–H and O–H groups in total. The molecule has 110 valence electrons. The Morgan fingerprint density at radius 2 is 2.24 bits per heavy atom. The van der Waals surface area contributed by atoms with Crippen LogP contribution in [-0.2, 0) is 4.79 Å². The molecule has 5 heteroatoms. The van der Waals surface area contributed by atoms with Gasteiger partial charge in [-0.1, -0.05) is 17.9 Å². The minimum atomic E-state index is -0.522. The van der Waals surface area contributed by atoms with Gasteiger partial charge in [0, 0.05) is 17.7 Å². The van der Waals surface area contributed by atoms with Gasteiger partial charge in [-0.05, 0) is 37.5 Å². The normalized spacial score (nSPS) is 17.2. The van der Waals surface area contributed by atoms with Crippen LogP contribution < -0.4 is 5.73 Å². The van der Waals surface area contributed by atoms with Crippen molar-refractivity contribution in [3.63, 3.8) is 0 Å². The minimum Gasteiger partial charge on any atom is -0.384 e. The largest absolute Gasteiger partial charge is 0.384 e. The standard InChI is InChI=1S/C16H18N2O3/c1-11-6-7-13(10-12(11)4-3-9-19)16(21)18-8-2-5-14(18)15(17)20/h6-7,10,14,19H,2,5,8-9H2,1H3,(H2,17,20). The number of hydrogen-bond acceptors (Lipinski definition) is 3. The summed E-state index contributed by atoms with van der Waals surface area (Å²) in [4.78, 5) is 25.4. The van der Waals surface area contributed by atoms with E-state index in [1.54, 1.807) is 12.1 Å². The van der Waals surface area contributed by atoms with Crippen molar-refractivity contribution in [2.75, 3.05) is 13.2 Å². The van der Waals surface area contributed by atoms with Crippen LogP contribution in [0.5, 0.6) is 0 Å². The van der Waals surface area contributed by atoms with Gasteiger partial charge in [0.05, 0.1) is 0 Å². The molecule has 0 spiro atoms. The van der Waals surface area contributed by atoms with Crippen molar-refractivity contribution < 1.29 is 14.7 Å². The Labute approximate surface area is 123 Å². The first-order chi connectivity index (χ1) is 10.0. The lowest BCUT2D eigenvalue weighted by Crippen LogP contribution is -2.43. The zero-order chi connectivity index (χ0) is 15.4. The molecule has 1 fully saturated rings. The molecular formula is C16H18N2O3. The molecule has 5 nitrogen and oxygen atoms in total. The number of nitrogens with two attached hydrogens (primary N) is 1. The highest BCUT2D eigenvalue weighted by atomic mass is 16.2. The summed E-state index contributed by atoms with van der Waals surface area (Å²) in [6.45, 7) is 2.20. The van der Waals surface area contributed by atoms with Crippen molar-refractivity contribution in [1.82, 2.24) is 4.90 Å². The Kier molecular flexibility index (Phi) is 4.61. The molecule has 0 aliphatic carbocycles. The summed E-state index contributed by atoms with van der Waals surface area (Å²) < 4.78 is 0. The maximum atomic E-state index is 12.5. The Bertz CT molecular complexity index is 628. The average Bonchev–Trinajstić information content (AvgIpc) is 2.95. The number of likely N-dealkylation sites (tertiary alicyclic amines) is 1. The molecule has 1 saturated heterocycles. The van der Waals surface area contributed by atoms with E-state index in [-0.39, 0.29) is 12.5 Å². The predicted molar refractivity (Wildman–Crippen MR) is 78.4 cm³/mol. The van der Waals surface area contributed by atoms with Crippen LogP contribution in [0.4, 0.5) is 0 Å². The number of nitrogens with zero attached hydrogens (tertiary/aromatic N) is 1. The number of primary amides is 1. The van der Waals surface area contributed by atoms with Gasteiger partial charge < -0.3 is 15.7 Å². The summed E-state index contributed by atoms with van der Waals surface area (Å²) >= 11 is 0. The van der Waals surface area contributed by atoms with Crippen LogP contribution in [0.3, 0.4) is 0 Å². The second kappa shape index (κ2) is 6.42. The van der Waals surface area contributed by atoms with Gasteiger partial charge in [0.15, 0.2) is 0 Å². The quantitative estimate of drug-likeness (QED) is 0.773. The average molecular weight is 286 g/mol. The third-order valence-electron chi connectivity index (χ3n) is 3.63. The Hall–Kier alpha value is -2.32. The van der Waals surface area contributed by atoms with Crippen molar-refractivity contribution in [2.24, 2.45) is 5.73 Å². The molecule has 1 atom stereocenters. The molecule has 0 saturated carbocycles. The summed E-state index contributed by atoms with van der Waals surface area (Å²) in [5, 5.41) is 8.77. The van der Waals surface area contributed by atoms with E-state index >= 15 is 0 Å². The number of carbonyl (C=O) groups excluding carboxylic acids is 2. The van der Waals surface area contributed by atoms with Crippen molar-refractivity contribution >= 4 is 11.8 Å². The van der Waals surface area contributed by atoms with Gasteiger partial charge in [-0.2, -0.15) is 0 Å². The van der Waals surface area contributed by atoms with E-state index in [0.717, 1.165) is 12.0 Å². The van der Waals surface area contributed by atoms with Gasteiger partial charge in [0.25, 0.3) is 5.91 Å². The van der Waals surface area contributed by atoms with Crippen molar-refractivity contribution in [1.29, 1.82) is 0 Å². The number of amides is 2. The molecule has 1 aliphatic heterocycles. The highest BCUT2D eigenvalue weighted by molar-refractivity contribution is 5.98. The number of benzene rings is 1. The van der Waals surface area contributed by atoms with Crippen LogP contribution in [0.25, 0.3) is 0 Å². The minimum absolute atomic E-state index is 0.205. The third-order valence-corrected chi connectivity index (χ3v) is 3.63. The molecule has 2 amide bonds. The van der Waals surface area contributed by atoms with Crippen molar-refractivity contribution in [3.05, 3.63) is 34.9 Å². The number of carbonyl (C=O) groups is 2. The molecule has 1 aliphatic rings. The molecular weight excluding hydrogens is 268 g/mol. The molecule has 1 unspecified atom stereocenters.